The van der Waals surface area contributed by atoms with Crippen LogP contribution in [0.15, 0.2) is 0 Å². The van der Waals surface area contributed by atoms with Crippen molar-refractivity contribution < 1.29 is 51.4 Å². The van der Waals surface area contributed by atoms with Gasteiger partial charge in [0.05, 0.1) is 0 Å². The first-order valence-electron chi connectivity index (χ1n) is 1.50. The molecule has 3 nitrogen and oxygen atoms in total. The molecule has 0 amide bonds. The molecule has 0 heterocycles. The fraction of sp³-hybridized carbons (Fsp3) is 1.00. The van der Waals surface area contributed by atoms with E-state index in [1.807, 2.05) is 0 Å². The second-order valence-corrected chi connectivity index (χ2v) is 0. The topological polar surface area (TPSA) is 71.4 Å². The van der Waals surface area contributed by atoms with E-state index in [9.17, 15) is 0 Å². The van der Waals surface area contributed by atoms with Crippen LogP contribution in [0.1, 0.15) is 0 Å². The summed E-state index contributed by atoms with van der Waals surface area (Å²) in [6, 6.07) is 0. The van der Waals surface area contributed by atoms with E-state index in [-0.39, 0.29) is 100 Å². The van der Waals surface area contributed by atoms with Gasteiger partial charge < -0.3 is 17.2 Å². The number of nitrogens with one attached hydrogen (secondary N) is 3. The summed E-state index contributed by atoms with van der Waals surface area (Å²) in [7, 11) is 3.75. The third kappa shape index (κ3) is 62.3. The van der Waals surface area contributed by atoms with Crippen LogP contribution in [0.5, 0.6) is 0 Å². The maximum absolute atomic E-state index is 5.75. The van der Waals surface area contributed by atoms with Crippen molar-refractivity contribution >= 4 is 48.9 Å². The second-order valence-electron chi connectivity index (χ2n) is 0. The van der Waals surface area contributed by atoms with E-state index in [1.165, 1.54) is 21.1 Å². The minimum atomic E-state index is 0. The predicted octanol–water partition coefficient (Wildman–Crippen LogP) is -1.37. The molecule has 42 valence electrons. The van der Waals surface area contributed by atoms with Crippen molar-refractivity contribution in [3.63, 3.8) is 0 Å². The van der Waals surface area contributed by atoms with Crippen molar-refractivity contribution in [2.75, 3.05) is 21.1 Å². The first-order chi connectivity index (χ1) is 3.00. The van der Waals surface area contributed by atoms with Crippen LogP contribution in [0.4, 0.5) is 0 Å². The number of rotatable bonds is 0. The predicted molar refractivity (Wildman–Crippen MR) is 36.5 cm³/mol. The van der Waals surface area contributed by atoms with Crippen molar-refractivity contribution in [1.82, 2.24) is 0 Å². The molecule has 0 aromatic rings. The quantitative estimate of drug-likeness (QED) is 0.485. The zero-order valence-corrected chi connectivity index (χ0v) is 13.8. The fourth-order valence-electron chi connectivity index (χ4n) is 0. The average Bonchev–Trinajstić information content (AvgIpc) is 1.81. The zero-order valence-electron chi connectivity index (χ0n) is 6.21. The van der Waals surface area contributed by atoms with Crippen LogP contribution in [0.25, 0.3) is 17.2 Å². The smallest absolute Gasteiger partial charge is 0.680 e. The summed E-state index contributed by atoms with van der Waals surface area (Å²) in [4.78, 5) is 0. The molecule has 0 aliphatic carbocycles. The van der Waals surface area contributed by atoms with Gasteiger partial charge in [0, 0.05) is 0 Å². The van der Waals surface area contributed by atoms with E-state index in [2.05, 4.69) is 0 Å². The van der Waals surface area contributed by atoms with Crippen LogP contribution < -0.4 is 51.4 Å². The molecule has 0 saturated heterocycles. The van der Waals surface area contributed by atoms with Gasteiger partial charge in [-0.25, -0.2) is 0 Å². The molecular formula is C3H12BaKN3. The van der Waals surface area contributed by atoms with Crippen molar-refractivity contribution in [3.05, 3.63) is 17.2 Å². The third-order valence-corrected chi connectivity index (χ3v) is 0. The monoisotopic (exact) mass is 267 g/mol. The summed E-state index contributed by atoms with van der Waals surface area (Å²) >= 11 is 0. The maximum atomic E-state index is 5.75. The van der Waals surface area contributed by atoms with Gasteiger partial charge in [0.25, 0.3) is 0 Å². The molecule has 0 aliphatic heterocycles. The Bertz CT molecular complexity index is 14.5. The molecular weight excluding hydrogens is 254 g/mol. The summed E-state index contributed by atoms with van der Waals surface area (Å²) in [6.45, 7) is 0. The van der Waals surface area contributed by atoms with E-state index in [0.29, 0.717) is 0 Å². The second kappa shape index (κ2) is 87.4. The molecule has 0 unspecified atom stereocenters. The SMILES string of the molecule is C[NH-].C[NH-].C[NH-].[Ba+2].[K+]. The van der Waals surface area contributed by atoms with Gasteiger partial charge >= 0.3 is 100 Å². The molecule has 0 radical (unpaired) electrons. The largest absolute Gasteiger partial charge is 2.00 e. The maximum Gasteiger partial charge on any atom is 2.00 e. The van der Waals surface area contributed by atoms with Crippen LogP contribution >= 0.6 is 0 Å². The van der Waals surface area contributed by atoms with Gasteiger partial charge in [0.15, 0.2) is 0 Å². The summed E-state index contributed by atoms with van der Waals surface area (Å²) in [5.41, 5.74) is 17.2. The van der Waals surface area contributed by atoms with Crippen LogP contribution in [0.3, 0.4) is 0 Å². The van der Waals surface area contributed by atoms with Gasteiger partial charge in [0.1, 0.15) is 0 Å². The van der Waals surface area contributed by atoms with Crippen LogP contribution in [-0.2, 0) is 0 Å². The molecule has 0 atom stereocenters. The molecule has 0 aromatic heterocycles. The van der Waals surface area contributed by atoms with Gasteiger partial charge in [-0.3, -0.25) is 0 Å². The van der Waals surface area contributed by atoms with E-state index in [4.69, 9.17) is 17.2 Å². The Balaban J connectivity index is -0.00000000500. The Labute approximate surface area is 135 Å². The first-order valence-corrected chi connectivity index (χ1v) is 1.50. The van der Waals surface area contributed by atoms with Gasteiger partial charge in [-0.2, -0.15) is 21.1 Å². The van der Waals surface area contributed by atoms with Gasteiger partial charge in [-0.15, -0.1) is 0 Å². The summed E-state index contributed by atoms with van der Waals surface area (Å²) in [5, 5.41) is 0. The normalized spacial score (nSPS) is 2.25. The Kier molecular flexibility index (Phi) is 333. The Hall–Kier alpha value is 3.09. The van der Waals surface area contributed by atoms with Crippen molar-refractivity contribution in [2.24, 2.45) is 0 Å². The van der Waals surface area contributed by atoms with Crippen molar-refractivity contribution in [1.29, 1.82) is 0 Å². The fourth-order valence-corrected chi connectivity index (χ4v) is 0. The number of hydrogen-bond donors (Lipinski definition) is 0. The summed E-state index contributed by atoms with van der Waals surface area (Å²) < 4.78 is 0. The molecule has 5 heteroatoms. The summed E-state index contributed by atoms with van der Waals surface area (Å²) in [5.74, 6) is 0. The summed E-state index contributed by atoms with van der Waals surface area (Å²) in [6.07, 6.45) is 0. The first kappa shape index (κ1) is 30.4. The molecule has 3 N–H and O–H groups in total. The Morgan fingerprint density at radius 1 is 0.625 bits per heavy atom. The molecule has 0 aromatic carbocycles. The van der Waals surface area contributed by atoms with E-state index >= 15 is 0 Å². The molecule has 0 fully saturated rings. The van der Waals surface area contributed by atoms with Crippen molar-refractivity contribution in [3.8, 4) is 0 Å². The third-order valence-electron chi connectivity index (χ3n) is 0. The Morgan fingerprint density at radius 3 is 0.625 bits per heavy atom. The zero-order chi connectivity index (χ0) is 6.00. The molecule has 0 rings (SSSR count). The Morgan fingerprint density at radius 2 is 0.625 bits per heavy atom. The van der Waals surface area contributed by atoms with Crippen LogP contribution in [0.2, 0.25) is 0 Å². The molecule has 0 bridgehead atoms. The van der Waals surface area contributed by atoms with E-state index in [0.717, 1.165) is 0 Å². The average molecular weight is 267 g/mol. The van der Waals surface area contributed by atoms with E-state index < -0.39 is 0 Å². The number of hydrogen-bond acceptors (Lipinski definition) is 0. The van der Waals surface area contributed by atoms with Gasteiger partial charge in [-0.05, 0) is 0 Å². The minimum absolute atomic E-state index is 0. The van der Waals surface area contributed by atoms with Crippen LogP contribution in [-0.4, -0.2) is 70.0 Å². The molecule has 0 spiro atoms. The van der Waals surface area contributed by atoms with Gasteiger partial charge in [-0.1, -0.05) is 0 Å². The minimum Gasteiger partial charge on any atom is -0.680 e. The molecule has 0 saturated carbocycles. The molecule has 8 heavy (non-hydrogen) atoms. The van der Waals surface area contributed by atoms with E-state index in [1.54, 1.807) is 0 Å². The van der Waals surface area contributed by atoms with Crippen LogP contribution in [0, 0.1) is 0 Å². The molecule has 0 aliphatic rings. The standard InChI is InChI=1S/3CH4N.Ba.K/c3*1-2;;/h3*2H,1H3;;/q3*-1;+2;+1. The van der Waals surface area contributed by atoms with Crippen molar-refractivity contribution in [2.45, 2.75) is 0 Å². The van der Waals surface area contributed by atoms with Gasteiger partial charge in [0.2, 0.25) is 0 Å².